The fraction of sp³-hybridized carbons (Fsp3) is 0.0909. The van der Waals surface area contributed by atoms with Gasteiger partial charge in [0.1, 0.15) is 10.4 Å². The number of nitrogens with one attached hydrogen (secondary N) is 1. The summed E-state index contributed by atoms with van der Waals surface area (Å²) in [7, 11) is 0. The molecule has 16 heavy (non-hydrogen) atoms. The van der Waals surface area contributed by atoms with Gasteiger partial charge >= 0.3 is 0 Å². The van der Waals surface area contributed by atoms with Crippen LogP contribution >= 0.6 is 15.9 Å². The molecule has 5 heteroatoms. The van der Waals surface area contributed by atoms with Crippen LogP contribution in [-0.2, 0) is 0 Å². The van der Waals surface area contributed by atoms with E-state index in [1.165, 1.54) is 5.56 Å². The summed E-state index contributed by atoms with van der Waals surface area (Å²) in [5.41, 5.74) is 7.76. The number of rotatable bonds is 2. The fourth-order valence-corrected chi connectivity index (χ4v) is 1.66. The lowest BCUT2D eigenvalue weighted by molar-refractivity contribution is 1.15. The Balaban J connectivity index is 2.23. The number of anilines is 3. The van der Waals surface area contributed by atoms with E-state index in [0.717, 1.165) is 5.69 Å². The van der Waals surface area contributed by atoms with Gasteiger partial charge in [0.25, 0.3) is 0 Å². The Hall–Kier alpha value is -1.62. The highest BCUT2D eigenvalue weighted by Crippen LogP contribution is 2.17. The minimum absolute atomic E-state index is 0.427. The molecule has 4 nitrogen and oxygen atoms in total. The van der Waals surface area contributed by atoms with E-state index in [4.69, 9.17) is 5.73 Å². The molecule has 0 aliphatic rings. The number of nitrogens with zero attached hydrogens (tertiary/aromatic N) is 2. The molecule has 0 aliphatic heterocycles. The fourth-order valence-electron chi connectivity index (χ4n) is 1.26. The van der Waals surface area contributed by atoms with E-state index in [0.29, 0.717) is 16.4 Å². The van der Waals surface area contributed by atoms with Crippen molar-refractivity contribution in [3.63, 3.8) is 0 Å². The van der Waals surface area contributed by atoms with Gasteiger partial charge in [0, 0.05) is 11.8 Å². The van der Waals surface area contributed by atoms with Crippen molar-refractivity contribution in [3.8, 4) is 0 Å². The Morgan fingerprint density at radius 3 is 2.50 bits per heavy atom. The average Bonchev–Trinajstić information content (AvgIpc) is 2.20. The number of hydrogen-bond donors (Lipinski definition) is 2. The van der Waals surface area contributed by atoms with Crippen molar-refractivity contribution in [1.29, 1.82) is 0 Å². The third-order valence-corrected chi connectivity index (χ3v) is 2.43. The molecule has 0 atom stereocenters. The number of aryl methyl sites for hydroxylation is 1. The third-order valence-electron chi connectivity index (χ3n) is 2.02. The van der Waals surface area contributed by atoms with Crippen LogP contribution in [-0.4, -0.2) is 9.97 Å². The molecular weight excluding hydrogens is 268 g/mol. The smallest absolute Gasteiger partial charge is 0.230 e. The minimum Gasteiger partial charge on any atom is -0.383 e. The van der Waals surface area contributed by atoms with Crippen molar-refractivity contribution in [2.45, 2.75) is 6.92 Å². The van der Waals surface area contributed by atoms with E-state index in [1.54, 1.807) is 6.07 Å². The van der Waals surface area contributed by atoms with Crippen LogP contribution in [0.1, 0.15) is 5.56 Å². The van der Waals surface area contributed by atoms with Crippen LogP contribution in [0, 0.1) is 6.92 Å². The molecule has 0 spiro atoms. The first-order chi connectivity index (χ1) is 7.63. The predicted octanol–water partition coefficient (Wildman–Crippen LogP) is 2.87. The molecule has 0 radical (unpaired) electrons. The second-order valence-corrected chi connectivity index (χ2v) is 4.24. The predicted molar refractivity (Wildman–Crippen MR) is 68.6 cm³/mol. The molecule has 0 unspecified atom stereocenters. The standard InChI is InChI=1S/C11H11BrN4/c1-7-2-4-8(5-3-7)14-11-15-9(12)6-10(13)16-11/h2-6H,1H3,(H3,13,14,15,16). The van der Waals surface area contributed by atoms with Gasteiger partial charge in [-0.3, -0.25) is 0 Å². The molecule has 0 saturated heterocycles. The maximum atomic E-state index is 5.62. The van der Waals surface area contributed by atoms with E-state index in [9.17, 15) is 0 Å². The molecule has 82 valence electrons. The second kappa shape index (κ2) is 4.49. The molecule has 1 heterocycles. The van der Waals surface area contributed by atoms with Gasteiger partial charge in [-0.2, -0.15) is 4.98 Å². The van der Waals surface area contributed by atoms with Crippen molar-refractivity contribution in [2.75, 3.05) is 11.1 Å². The summed E-state index contributed by atoms with van der Waals surface area (Å²) in [6, 6.07) is 9.62. The molecule has 0 fully saturated rings. The third kappa shape index (κ3) is 2.70. The van der Waals surface area contributed by atoms with Crippen LogP contribution < -0.4 is 11.1 Å². The first-order valence-corrected chi connectivity index (χ1v) is 5.56. The number of halogens is 1. The number of hydrogen-bond acceptors (Lipinski definition) is 4. The first kappa shape index (κ1) is 10.9. The van der Waals surface area contributed by atoms with Gasteiger partial charge in [0.2, 0.25) is 5.95 Å². The van der Waals surface area contributed by atoms with E-state index in [-0.39, 0.29) is 0 Å². The maximum absolute atomic E-state index is 5.62. The van der Waals surface area contributed by atoms with Gasteiger partial charge in [-0.15, -0.1) is 0 Å². The molecular formula is C11H11BrN4. The molecule has 0 aliphatic carbocycles. The van der Waals surface area contributed by atoms with Crippen LogP contribution in [0.25, 0.3) is 0 Å². The maximum Gasteiger partial charge on any atom is 0.230 e. The largest absolute Gasteiger partial charge is 0.383 e. The van der Waals surface area contributed by atoms with E-state index in [2.05, 4.69) is 31.2 Å². The van der Waals surface area contributed by atoms with Gasteiger partial charge in [-0.05, 0) is 35.0 Å². The van der Waals surface area contributed by atoms with Gasteiger partial charge in [-0.25, -0.2) is 4.98 Å². The Labute approximate surface area is 102 Å². The first-order valence-electron chi connectivity index (χ1n) is 4.77. The van der Waals surface area contributed by atoms with E-state index >= 15 is 0 Å². The zero-order valence-corrected chi connectivity index (χ0v) is 10.3. The minimum atomic E-state index is 0.427. The van der Waals surface area contributed by atoms with E-state index < -0.39 is 0 Å². The molecule has 3 N–H and O–H groups in total. The quantitative estimate of drug-likeness (QED) is 0.830. The Morgan fingerprint density at radius 1 is 1.19 bits per heavy atom. The molecule has 0 amide bonds. The number of nitrogens with two attached hydrogens (primary N) is 1. The van der Waals surface area contributed by atoms with Crippen molar-refractivity contribution >= 4 is 33.4 Å². The second-order valence-electron chi connectivity index (χ2n) is 3.43. The Kier molecular flexibility index (Phi) is 3.05. The SMILES string of the molecule is Cc1ccc(Nc2nc(N)cc(Br)n2)cc1. The van der Waals surface area contributed by atoms with Crippen molar-refractivity contribution in [2.24, 2.45) is 0 Å². The molecule has 2 aromatic rings. The molecule has 0 saturated carbocycles. The van der Waals surface area contributed by atoms with Crippen LogP contribution in [0.5, 0.6) is 0 Å². The van der Waals surface area contributed by atoms with Crippen molar-refractivity contribution in [3.05, 3.63) is 40.5 Å². The summed E-state index contributed by atoms with van der Waals surface area (Å²) < 4.78 is 0.662. The zero-order chi connectivity index (χ0) is 11.5. The van der Waals surface area contributed by atoms with Crippen molar-refractivity contribution in [1.82, 2.24) is 9.97 Å². The highest BCUT2D eigenvalue weighted by Gasteiger charge is 2.00. The van der Waals surface area contributed by atoms with Crippen LogP contribution in [0.15, 0.2) is 34.9 Å². The van der Waals surface area contributed by atoms with Crippen LogP contribution in [0.2, 0.25) is 0 Å². The highest BCUT2D eigenvalue weighted by atomic mass is 79.9. The van der Waals surface area contributed by atoms with Crippen molar-refractivity contribution < 1.29 is 0 Å². The van der Waals surface area contributed by atoms with E-state index in [1.807, 2.05) is 31.2 Å². The number of benzene rings is 1. The Bertz CT molecular complexity index is 476. The molecule has 0 bridgehead atoms. The highest BCUT2D eigenvalue weighted by molar-refractivity contribution is 9.10. The topological polar surface area (TPSA) is 63.8 Å². The van der Waals surface area contributed by atoms with Gasteiger partial charge in [0.05, 0.1) is 0 Å². The lowest BCUT2D eigenvalue weighted by Gasteiger charge is -2.05. The van der Waals surface area contributed by atoms with Crippen LogP contribution in [0.3, 0.4) is 0 Å². The molecule has 1 aromatic carbocycles. The lowest BCUT2D eigenvalue weighted by atomic mass is 10.2. The molecule has 2 rings (SSSR count). The summed E-state index contributed by atoms with van der Waals surface area (Å²) in [5, 5.41) is 3.08. The van der Waals surface area contributed by atoms with Gasteiger partial charge < -0.3 is 11.1 Å². The summed E-state index contributed by atoms with van der Waals surface area (Å²) in [6.07, 6.45) is 0. The zero-order valence-electron chi connectivity index (χ0n) is 8.74. The normalized spacial score (nSPS) is 10.1. The average molecular weight is 279 g/mol. The summed E-state index contributed by atoms with van der Waals surface area (Å²) in [4.78, 5) is 8.24. The van der Waals surface area contributed by atoms with Crippen LogP contribution in [0.4, 0.5) is 17.5 Å². The monoisotopic (exact) mass is 278 g/mol. The molecule has 1 aromatic heterocycles. The summed E-state index contributed by atoms with van der Waals surface area (Å²) in [6.45, 7) is 2.04. The number of aromatic nitrogens is 2. The Morgan fingerprint density at radius 2 is 1.88 bits per heavy atom. The lowest BCUT2D eigenvalue weighted by Crippen LogP contribution is -2.00. The van der Waals surface area contributed by atoms with Gasteiger partial charge in [0.15, 0.2) is 0 Å². The summed E-state index contributed by atoms with van der Waals surface area (Å²) in [5.74, 6) is 0.909. The van der Waals surface area contributed by atoms with Gasteiger partial charge in [-0.1, -0.05) is 17.7 Å². The summed E-state index contributed by atoms with van der Waals surface area (Å²) >= 11 is 3.27. The number of nitrogen functional groups attached to an aromatic ring is 1.